The summed E-state index contributed by atoms with van der Waals surface area (Å²) in [6.45, 7) is 11.1. The summed E-state index contributed by atoms with van der Waals surface area (Å²) in [6.07, 6.45) is 0. The zero-order valence-corrected chi connectivity index (χ0v) is 14.8. The summed E-state index contributed by atoms with van der Waals surface area (Å²) in [5, 5.41) is 4.11. The molecule has 2 heteroatoms. The van der Waals surface area contributed by atoms with E-state index in [9.17, 15) is 0 Å². The van der Waals surface area contributed by atoms with Crippen LogP contribution in [0.25, 0.3) is 27.3 Å². The van der Waals surface area contributed by atoms with Crippen molar-refractivity contribution in [3.8, 4) is 0 Å². The van der Waals surface area contributed by atoms with E-state index in [2.05, 4.69) is 81.0 Å². The van der Waals surface area contributed by atoms with Crippen LogP contribution in [0.5, 0.6) is 0 Å². The third kappa shape index (κ3) is 1.66. The van der Waals surface area contributed by atoms with Crippen LogP contribution >= 0.6 is 0 Å². The molecule has 116 valence electrons. The third-order valence-corrected chi connectivity index (χ3v) is 5.61. The van der Waals surface area contributed by atoms with Crippen molar-refractivity contribution < 1.29 is 4.57 Å². The van der Waals surface area contributed by atoms with Crippen LogP contribution in [0, 0.1) is 34.6 Å². The van der Waals surface area contributed by atoms with Crippen molar-refractivity contribution in [3.05, 3.63) is 58.4 Å². The van der Waals surface area contributed by atoms with Crippen molar-refractivity contribution >= 4 is 27.3 Å². The Morgan fingerprint density at radius 1 is 0.826 bits per heavy atom. The zero-order valence-electron chi connectivity index (χ0n) is 14.8. The van der Waals surface area contributed by atoms with Crippen molar-refractivity contribution in [1.82, 2.24) is 4.40 Å². The van der Waals surface area contributed by atoms with Gasteiger partial charge in [-0.05, 0) is 43.5 Å². The maximum absolute atomic E-state index is 2.44. The topological polar surface area (TPSA) is 8.29 Å². The molecule has 2 aromatic carbocycles. The smallest absolute Gasteiger partial charge is 0.229 e. The molecule has 0 bridgehead atoms. The Labute approximate surface area is 137 Å². The molecule has 2 aromatic heterocycles. The average Bonchev–Trinajstić information content (AvgIpc) is 2.76. The lowest BCUT2D eigenvalue weighted by Gasteiger charge is -2.11. The van der Waals surface area contributed by atoms with Gasteiger partial charge in [0, 0.05) is 24.6 Å². The first-order valence-corrected chi connectivity index (χ1v) is 8.22. The zero-order chi connectivity index (χ0) is 16.5. The van der Waals surface area contributed by atoms with Gasteiger partial charge in [-0.25, -0.2) is 4.57 Å². The number of aromatic nitrogens is 2. The molecule has 0 saturated heterocycles. The number of hydrogen-bond acceptors (Lipinski definition) is 0. The number of rotatable bonds is 0. The van der Waals surface area contributed by atoms with Crippen LogP contribution in [0.2, 0.25) is 0 Å². The highest BCUT2D eigenvalue weighted by Gasteiger charge is 2.25. The minimum Gasteiger partial charge on any atom is -0.229 e. The Bertz CT molecular complexity index is 1110. The van der Waals surface area contributed by atoms with E-state index in [4.69, 9.17) is 0 Å². The second-order valence-electron chi connectivity index (χ2n) is 6.79. The van der Waals surface area contributed by atoms with Gasteiger partial charge < -0.3 is 0 Å². The second kappa shape index (κ2) is 4.58. The summed E-state index contributed by atoms with van der Waals surface area (Å²) in [5.74, 6) is 0. The molecule has 0 atom stereocenters. The molecule has 0 unspecified atom stereocenters. The SMILES string of the molecule is Cc1ccc2c3c(C)cccc3n3c(C)c(C)[n+](C)c3c2c1C. The predicted molar refractivity (Wildman–Crippen MR) is 97.3 cm³/mol. The first-order chi connectivity index (χ1) is 10.9. The van der Waals surface area contributed by atoms with E-state index >= 15 is 0 Å². The second-order valence-corrected chi connectivity index (χ2v) is 6.79. The van der Waals surface area contributed by atoms with Gasteiger partial charge in [0.2, 0.25) is 0 Å². The molecule has 0 radical (unpaired) electrons. The summed E-state index contributed by atoms with van der Waals surface area (Å²) in [7, 11) is 2.18. The van der Waals surface area contributed by atoms with Gasteiger partial charge in [-0.15, -0.1) is 0 Å². The average molecular weight is 303 g/mol. The number of pyridine rings is 1. The largest absolute Gasteiger partial charge is 0.295 e. The van der Waals surface area contributed by atoms with Crippen LogP contribution in [0.15, 0.2) is 30.3 Å². The van der Waals surface area contributed by atoms with Crippen LogP contribution in [0.3, 0.4) is 0 Å². The summed E-state index contributed by atoms with van der Waals surface area (Å²) in [5.41, 5.74) is 9.31. The van der Waals surface area contributed by atoms with E-state index < -0.39 is 0 Å². The molecule has 23 heavy (non-hydrogen) atoms. The fourth-order valence-electron chi connectivity index (χ4n) is 3.95. The monoisotopic (exact) mass is 303 g/mol. The lowest BCUT2D eigenvalue weighted by atomic mass is 9.96. The minimum atomic E-state index is 1.30. The first kappa shape index (κ1) is 14.3. The number of nitrogens with zero attached hydrogens (tertiary/aromatic N) is 2. The first-order valence-electron chi connectivity index (χ1n) is 8.22. The molecule has 4 aromatic rings. The predicted octanol–water partition coefficient (Wildman–Crippen LogP) is 4.61. The number of aryl methyl sites for hydroxylation is 5. The summed E-state index contributed by atoms with van der Waals surface area (Å²) < 4.78 is 4.78. The van der Waals surface area contributed by atoms with Crippen LogP contribution in [-0.4, -0.2) is 4.40 Å². The van der Waals surface area contributed by atoms with Crippen molar-refractivity contribution in [2.75, 3.05) is 0 Å². The van der Waals surface area contributed by atoms with Crippen molar-refractivity contribution in [2.24, 2.45) is 7.05 Å². The fraction of sp³-hybridized carbons (Fsp3) is 0.286. The molecular weight excluding hydrogens is 280 g/mol. The highest BCUT2D eigenvalue weighted by molar-refractivity contribution is 6.13. The Balaban J connectivity index is 2.53. The highest BCUT2D eigenvalue weighted by atomic mass is 15.1. The Morgan fingerprint density at radius 2 is 1.57 bits per heavy atom. The standard InChI is InChI=1S/C21H23N2/c1-12-10-11-17-19-13(2)8-7-9-18(19)23-16(5)15(4)22(6)21(23)20(17)14(12)3/h7-11H,1-6H3/q+1. The van der Waals surface area contributed by atoms with Gasteiger partial charge in [0.05, 0.1) is 12.4 Å². The molecule has 4 rings (SSSR count). The molecule has 0 saturated carbocycles. The molecule has 0 fully saturated rings. The van der Waals surface area contributed by atoms with E-state index in [-0.39, 0.29) is 0 Å². The van der Waals surface area contributed by atoms with Gasteiger partial charge in [-0.1, -0.05) is 24.3 Å². The van der Waals surface area contributed by atoms with E-state index in [1.165, 1.54) is 55.4 Å². The molecular formula is C21H23N2+. The maximum atomic E-state index is 2.44. The molecule has 0 aliphatic heterocycles. The van der Waals surface area contributed by atoms with E-state index in [0.29, 0.717) is 0 Å². The molecule has 0 aliphatic carbocycles. The van der Waals surface area contributed by atoms with E-state index in [1.807, 2.05) is 0 Å². The molecule has 2 nitrogen and oxygen atoms in total. The molecule has 0 aliphatic rings. The van der Waals surface area contributed by atoms with Crippen LogP contribution in [0.4, 0.5) is 0 Å². The normalized spacial score (nSPS) is 11.9. The van der Waals surface area contributed by atoms with Crippen LogP contribution in [0.1, 0.15) is 28.1 Å². The van der Waals surface area contributed by atoms with Gasteiger partial charge in [0.1, 0.15) is 16.9 Å². The Hall–Kier alpha value is -2.35. The number of fused-ring (bicyclic) bond motifs is 6. The molecule has 2 heterocycles. The van der Waals surface area contributed by atoms with Gasteiger partial charge in [0.15, 0.2) is 0 Å². The summed E-state index contributed by atoms with van der Waals surface area (Å²) in [4.78, 5) is 0. The Kier molecular flexibility index (Phi) is 2.84. The van der Waals surface area contributed by atoms with E-state index in [1.54, 1.807) is 0 Å². The Morgan fingerprint density at radius 3 is 2.30 bits per heavy atom. The molecule has 0 amide bonds. The number of hydrogen-bond donors (Lipinski definition) is 0. The van der Waals surface area contributed by atoms with Gasteiger partial charge in [-0.3, -0.25) is 0 Å². The third-order valence-electron chi connectivity index (χ3n) is 5.61. The quantitative estimate of drug-likeness (QED) is 0.331. The van der Waals surface area contributed by atoms with Gasteiger partial charge in [-0.2, -0.15) is 4.40 Å². The highest BCUT2D eigenvalue weighted by Crippen LogP contribution is 2.34. The van der Waals surface area contributed by atoms with Crippen molar-refractivity contribution in [1.29, 1.82) is 0 Å². The van der Waals surface area contributed by atoms with Crippen LogP contribution < -0.4 is 4.57 Å². The fourth-order valence-corrected chi connectivity index (χ4v) is 3.95. The summed E-state index contributed by atoms with van der Waals surface area (Å²) >= 11 is 0. The van der Waals surface area contributed by atoms with E-state index in [0.717, 1.165) is 0 Å². The summed E-state index contributed by atoms with van der Waals surface area (Å²) in [6, 6.07) is 11.2. The number of benzene rings is 2. The minimum absolute atomic E-state index is 1.30. The van der Waals surface area contributed by atoms with Crippen molar-refractivity contribution in [3.63, 3.8) is 0 Å². The number of imidazole rings is 1. The van der Waals surface area contributed by atoms with Gasteiger partial charge >= 0.3 is 0 Å². The van der Waals surface area contributed by atoms with Crippen molar-refractivity contribution in [2.45, 2.75) is 34.6 Å². The lowest BCUT2D eigenvalue weighted by molar-refractivity contribution is -0.650. The van der Waals surface area contributed by atoms with Gasteiger partial charge in [0.25, 0.3) is 5.65 Å². The van der Waals surface area contributed by atoms with Crippen LogP contribution in [-0.2, 0) is 7.05 Å². The maximum Gasteiger partial charge on any atom is 0.295 e. The molecule has 0 spiro atoms. The lowest BCUT2D eigenvalue weighted by Crippen LogP contribution is -2.30. The molecule has 0 N–H and O–H groups in total.